The summed E-state index contributed by atoms with van der Waals surface area (Å²) in [6.07, 6.45) is 0. The molecule has 31 heavy (non-hydrogen) atoms. The lowest BCUT2D eigenvalue weighted by molar-refractivity contribution is -0.132. The quantitative estimate of drug-likeness (QED) is 0.476. The van der Waals surface area contributed by atoms with Gasteiger partial charge < -0.3 is 19.7 Å². The van der Waals surface area contributed by atoms with E-state index in [2.05, 4.69) is 4.98 Å². The fourth-order valence-corrected chi connectivity index (χ4v) is 4.55. The number of aromatic nitrogens is 1. The molecule has 2 heterocycles. The van der Waals surface area contributed by atoms with Crippen molar-refractivity contribution in [3.8, 4) is 5.75 Å². The van der Waals surface area contributed by atoms with E-state index in [0.717, 1.165) is 16.6 Å². The lowest BCUT2D eigenvalue weighted by Crippen LogP contribution is -2.43. The number of aryl methyl sites for hydroxylation is 1. The molecule has 5 nitrogen and oxygen atoms in total. The standard InChI is InChI=1S/C25H21ClN2O3/c1-16-23(19-6-2-4-8-21(19)27-16)25(30)20-7-3-5-9-22(20)28(24(25)29)14-15-31-18-12-10-17(26)11-13-18/h2-13,27,30H,14-15H2,1H3/t25-/m0/s1. The Bertz CT molecular complexity index is 1280. The summed E-state index contributed by atoms with van der Waals surface area (Å²) in [7, 11) is 0. The van der Waals surface area contributed by atoms with Gasteiger partial charge in [-0.25, -0.2) is 0 Å². The van der Waals surface area contributed by atoms with E-state index in [1.54, 1.807) is 29.2 Å². The average molecular weight is 433 g/mol. The maximum atomic E-state index is 13.7. The van der Waals surface area contributed by atoms with E-state index in [1.807, 2.05) is 55.5 Å². The van der Waals surface area contributed by atoms with Gasteiger partial charge in [-0.3, -0.25) is 4.79 Å². The molecule has 1 aliphatic heterocycles. The molecule has 4 aromatic rings. The molecule has 1 atom stereocenters. The van der Waals surface area contributed by atoms with Crippen LogP contribution in [-0.2, 0) is 10.4 Å². The van der Waals surface area contributed by atoms with Crippen molar-refractivity contribution in [3.05, 3.63) is 94.6 Å². The van der Waals surface area contributed by atoms with Crippen LogP contribution in [0.4, 0.5) is 5.69 Å². The van der Waals surface area contributed by atoms with Crippen molar-refractivity contribution in [2.24, 2.45) is 0 Å². The molecule has 2 N–H and O–H groups in total. The van der Waals surface area contributed by atoms with Gasteiger partial charge in [-0.1, -0.05) is 48.0 Å². The van der Waals surface area contributed by atoms with Crippen molar-refractivity contribution < 1.29 is 14.6 Å². The molecule has 0 bridgehead atoms. The van der Waals surface area contributed by atoms with Crippen molar-refractivity contribution in [1.82, 2.24) is 4.98 Å². The van der Waals surface area contributed by atoms with E-state index < -0.39 is 5.60 Å². The Kier molecular flexibility index (Phi) is 4.73. The van der Waals surface area contributed by atoms with Gasteiger partial charge in [0.25, 0.3) is 5.91 Å². The van der Waals surface area contributed by atoms with Gasteiger partial charge >= 0.3 is 0 Å². The summed E-state index contributed by atoms with van der Waals surface area (Å²) < 4.78 is 5.80. The molecule has 1 aromatic heterocycles. The second-order valence-electron chi connectivity index (χ2n) is 7.66. The van der Waals surface area contributed by atoms with Crippen LogP contribution in [0.1, 0.15) is 16.8 Å². The number of ether oxygens (including phenoxy) is 1. The third-order valence-electron chi connectivity index (χ3n) is 5.79. The highest BCUT2D eigenvalue weighted by atomic mass is 35.5. The minimum atomic E-state index is -1.76. The van der Waals surface area contributed by atoms with Crippen LogP contribution in [0.25, 0.3) is 10.9 Å². The maximum Gasteiger partial charge on any atom is 0.268 e. The molecule has 1 aliphatic rings. The number of aliphatic hydroxyl groups is 1. The zero-order valence-electron chi connectivity index (χ0n) is 16.9. The summed E-state index contributed by atoms with van der Waals surface area (Å²) in [5.74, 6) is 0.299. The van der Waals surface area contributed by atoms with E-state index in [-0.39, 0.29) is 12.5 Å². The first-order valence-electron chi connectivity index (χ1n) is 10.1. The minimum Gasteiger partial charge on any atom is -0.492 e. The number of hydrogen-bond donors (Lipinski definition) is 2. The van der Waals surface area contributed by atoms with Crippen LogP contribution in [0.5, 0.6) is 5.75 Å². The van der Waals surface area contributed by atoms with Crippen molar-refractivity contribution in [2.45, 2.75) is 12.5 Å². The smallest absolute Gasteiger partial charge is 0.268 e. The zero-order chi connectivity index (χ0) is 21.6. The van der Waals surface area contributed by atoms with Crippen LogP contribution < -0.4 is 9.64 Å². The SMILES string of the molecule is Cc1[nH]c2ccccc2c1[C@]1(O)C(=O)N(CCOc2ccc(Cl)cc2)c2ccccc21. The van der Waals surface area contributed by atoms with Gasteiger partial charge in [0.2, 0.25) is 0 Å². The van der Waals surface area contributed by atoms with Crippen molar-refractivity contribution in [3.63, 3.8) is 0 Å². The molecule has 0 fully saturated rings. The predicted octanol–water partition coefficient (Wildman–Crippen LogP) is 4.79. The van der Waals surface area contributed by atoms with Crippen LogP contribution in [0.3, 0.4) is 0 Å². The molecule has 1 amide bonds. The molecule has 5 rings (SSSR count). The summed E-state index contributed by atoms with van der Waals surface area (Å²) in [6, 6.07) is 22.2. The lowest BCUT2D eigenvalue weighted by atomic mass is 9.85. The monoisotopic (exact) mass is 432 g/mol. The Labute approximate surface area is 184 Å². The fraction of sp³-hybridized carbons (Fsp3) is 0.160. The highest BCUT2D eigenvalue weighted by Crippen LogP contribution is 2.47. The number of H-pyrrole nitrogens is 1. The van der Waals surface area contributed by atoms with Crippen molar-refractivity contribution in [1.29, 1.82) is 0 Å². The number of nitrogens with one attached hydrogen (secondary N) is 1. The van der Waals surface area contributed by atoms with Crippen molar-refractivity contribution >= 4 is 34.1 Å². The van der Waals surface area contributed by atoms with E-state index in [9.17, 15) is 9.90 Å². The first-order chi connectivity index (χ1) is 15.0. The van der Waals surface area contributed by atoms with Gasteiger partial charge in [0.05, 0.1) is 12.2 Å². The van der Waals surface area contributed by atoms with Gasteiger partial charge in [0, 0.05) is 32.7 Å². The van der Waals surface area contributed by atoms with E-state index >= 15 is 0 Å². The Hall–Kier alpha value is -3.28. The summed E-state index contributed by atoms with van der Waals surface area (Å²) in [6.45, 7) is 2.47. The number of benzene rings is 3. The number of anilines is 1. The second-order valence-corrected chi connectivity index (χ2v) is 8.09. The van der Waals surface area contributed by atoms with Crippen LogP contribution in [-0.4, -0.2) is 29.1 Å². The third-order valence-corrected chi connectivity index (χ3v) is 6.04. The Morgan fingerprint density at radius 2 is 1.74 bits per heavy atom. The predicted molar refractivity (Wildman–Crippen MR) is 122 cm³/mol. The molecule has 3 aromatic carbocycles. The largest absolute Gasteiger partial charge is 0.492 e. The average Bonchev–Trinajstić information content (AvgIpc) is 3.22. The topological polar surface area (TPSA) is 65.6 Å². The van der Waals surface area contributed by atoms with Crippen LogP contribution in [0, 0.1) is 6.92 Å². The van der Waals surface area contributed by atoms with Gasteiger partial charge in [-0.15, -0.1) is 0 Å². The number of halogens is 1. The first-order valence-corrected chi connectivity index (χ1v) is 10.5. The Balaban J connectivity index is 1.51. The van der Waals surface area contributed by atoms with Gasteiger partial charge in [0.1, 0.15) is 12.4 Å². The molecule has 0 unspecified atom stereocenters. The van der Waals surface area contributed by atoms with Gasteiger partial charge in [-0.05, 0) is 43.3 Å². The molecular weight excluding hydrogens is 412 g/mol. The normalized spacial score (nSPS) is 17.9. The summed E-state index contributed by atoms with van der Waals surface area (Å²) in [4.78, 5) is 18.6. The summed E-state index contributed by atoms with van der Waals surface area (Å²) in [5.41, 5.74) is 1.77. The first kappa shape index (κ1) is 19.7. The molecule has 0 spiro atoms. The summed E-state index contributed by atoms with van der Waals surface area (Å²) >= 11 is 5.92. The molecule has 0 radical (unpaired) electrons. The van der Waals surface area contributed by atoms with E-state index in [4.69, 9.17) is 16.3 Å². The molecule has 0 saturated carbocycles. The Morgan fingerprint density at radius 3 is 2.55 bits per heavy atom. The number of carbonyl (C=O) groups is 1. The number of hydrogen-bond acceptors (Lipinski definition) is 3. The minimum absolute atomic E-state index is 0.282. The van der Waals surface area contributed by atoms with Crippen LogP contribution in [0.2, 0.25) is 5.02 Å². The number of aromatic amines is 1. The number of amides is 1. The number of rotatable bonds is 5. The summed E-state index contributed by atoms with van der Waals surface area (Å²) in [5, 5.41) is 13.4. The molecular formula is C25H21ClN2O3. The molecule has 6 heteroatoms. The van der Waals surface area contributed by atoms with Gasteiger partial charge in [-0.2, -0.15) is 0 Å². The molecule has 0 aliphatic carbocycles. The number of nitrogens with zero attached hydrogens (tertiary/aromatic N) is 1. The highest BCUT2D eigenvalue weighted by Gasteiger charge is 2.52. The van der Waals surface area contributed by atoms with Crippen LogP contribution in [0.15, 0.2) is 72.8 Å². The Morgan fingerprint density at radius 1 is 1.03 bits per heavy atom. The highest BCUT2D eigenvalue weighted by molar-refractivity contribution is 6.30. The second kappa shape index (κ2) is 7.45. The third kappa shape index (κ3) is 3.09. The zero-order valence-corrected chi connectivity index (χ0v) is 17.7. The van der Waals surface area contributed by atoms with Crippen molar-refractivity contribution in [2.75, 3.05) is 18.1 Å². The number of para-hydroxylation sites is 2. The van der Waals surface area contributed by atoms with Gasteiger partial charge in [0.15, 0.2) is 5.60 Å². The maximum absolute atomic E-state index is 13.7. The molecule has 0 saturated heterocycles. The fourth-order valence-electron chi connectivity index (χ4n) is 4.43. The van der Waals surface area contributed by atoms with Crippen LogP contribution >= 0.6 is 11.6 Å². The lowest BCUT2D eigenvalue weighted by Gasteiger charge is -2.24. The number of fused-ring (bicyclic) bond motifs is 2. The van der Waals surface area contributed by atoms with E-state index in [0.29, 0.717) is 34.1 Å². The van der Waals surface area contributed by atoms with E-state index in [1.165, 1.54) is 0 Å². The molecule has 156 valence electrons. The number of carbonyl (C=O) groups excluding carboxylic acids is 1.